The maximum Gasteiger partial charge on any atom is 0.331 e. The Morgan fingerprint density at radius 1 is 1.39 bits per heavy atom. The van der Waals surface area contributed by atoms with E-state index in [1.165, 1.54) is 10.9 Å². The van der Waals surface area contributed by atoms with Crippen molar-refractivity contribution in [3.05, 3.63) is 46.6 Å². The summed E-state index contributed by atoms with van der Waals surface area (Å²) in [6, 6.07) is 9.55. The predicted octanol–water partition coefficient (Wildman–Crippen LogP) is 2.49. The Morgan fingerprint density at radius 2 is 2.06 bits per heavy atom. The molecule has 6 heteroatoms. The van der Waals surface area contributed by atoms with E-state index in [-0.39, 0.29) is 5.69 Å². The second kappa shape index (κ2) is 4.87. The third-order valence-corrected chi connectivity index (χ3v) is 2.73. The number of hydrogen-bond acceptors (Lipinski definition) is 4. The van der Waals surface area contributed by atoms with E-state index in [9.17, 15) is 10.1 Å². The molecule has 0 unspecified atom stereocenters. The van der Waals surface area contributed by atoms with Crippen LogP contribution in [0.3, 0.4) is 0 Å². The summed E-state index contributed by atoms with van der Waals surface area (Å²) in [5, 5.41) is 15.0. The lowest BCUT2D eigenvalue weighted by Crippen LogP contribution is -2.20. The minimum atomic E-state index is -0.409. The van der Waals surface area contributed by atoms with Gasteiger partial charge >= 0.3 is 5.69 Å². The Bertz CT molecular complexity index is 550. The summed E-state index contributed by atoms with van der Waals surface area (Å²) in [4.78, 5) is 12.5. The lowest BCUT2D eigenvalue weighted by molar-refractivity contribution is -0.384. The van der Waals surface area contributed by atoms with Crippen LogP contribution in [0.1, 0.15) is 6.92 Å². The molecule has 0 saturated carbocycles. The minimum absolute atomic E-state index is 0.0169. The van der Waals surface area contributed by atoms with E-state index >= 15 is 0 Å². The van der Waals surface area contributed by atoms with E-state index in [1.54, 1.807) is 7.05 Å². The largest absolute Gasteiger partial charge is 0.331 e. The van der Waals surface area contributed by atoms with Gasteiger partial charge in [-0.1, -0.05) is 18.2 Å². The quantitative estimate of drug-likeness (QED) is 0.614. The first-order valence-corrected chi connectivity index (χ1v) is 5.64. The van der Waals surface area contributed by atoms with Gasteiger partial charge in [-0.25, -0.2) is 4.68 Å². The lowest BCUT2D eigenvalue weighted by atomic mass is 10.3. The zero-order valence-electron chi connectivity index (χ0n) is 10.3. The summed E-state index contributed by atoms with van der Waals surface area (Å²) in [6.07, 6.45) is 1.28. The van der Waals surface area contributed by atoms with Crippen LogP contribution in [0.4, 0.5) is 17.2 Å². The molecule has 0 amide bonds. The number of aromatic nitrogens is 2. The van der Waals surface area contributed by atoms with E-state index in [4.69, 9.17) is 0 Å². The zero-order chi connectivity index (χ0) is 13.1. The van der Waals surface area contributed by atoms with Crippen molar-refractivity contribution in [3.63, 3.8) is 0 Å². The van der Waals surface area contributed by atoms with Crippen LogP contribution in [0.15, 0.2) is 36.5 Å². The van der Waals surface area contributed by atoms with Gasteiger partial charge in [0.25, 0.3) is 0 Å². The Hall–Kier alpha value is -2.37. The third kappa shape index (κ3) is 2.04. The topological polar surface area (TPSA) is 64.2 Å². The van der Waals surface area contributed by atoms with Crippen molar-refractivity contribution in [1.82, 2.24) is 9.78 Å². The molecule has 0 aliphatic carbocycles. The molecule has 0 N–H and O–H groups in total. The molecule has 0 saturated heterocycles. The molecule has 0 atom stereocenters. The SMILES string of the molecule is CCN(c1ccccc1)c1c([N+](=O)[O-])cnn1C. The fourth-order valence-corrected chi connectivity index (χ4v) is 1.92. The normalized spacial score (nSPS) is 10.3. The number of rotatable bonds is 4. The van der Waals surface area contributed by atoms with Crippen LogP contribution in [0, 0.1) is 10.1 Å². The van der Waals surface area contributed by atoms with Gasteiger partial charge in [-0.15, -0.1) is 0 Å². The van der Waals surface area contributed by atoms with E-state index in [0.717, 1.165) is 5.69 Å². The van der Waals surface area contributed by atoms with Gasteiger partial charge in [0.1, 0.15) is 6.20 Å². The third-order valence-electron chi connectivity index (χ3n) is 2.73. The van der Waals surface area contributed by atoms with E-state index in [0.29, 0.717) is 12.4 Å². The molecule has 1 aromatic carbocycles. The van der Waals surface area contributed by atoms with Gasteiger partial charge < -0.3 is 4.90 Å². The Kier molecular flexibility index (Phi) is 3.27. The van der Waals surface area contributed by atoms with Gasteiger partial charge in [-0.3, -0.25) is 10.1 Å². The molecule has 18 heavy (non-hydrogen) atoms. The summed E-state index contributed by atoms with van der Waals surface area (Å²) in [7, 11) is 1.70. The van der Waals surface area contributed by atoms with Crippen molar-refractivity contribution in [2.45, 2.75) is 6.92 Å². The predicted molar refractivity (Wildman–Crippen MR) is 69.0 cm³/mol. The van der Waals surface area contributed by atoms with Crippen LogP contribution < -0.4 is 4.90 Å². The molecule has 2 rings (SSSR count). The average molecular weight is 246 g/mol. The van der Waals surface area contributed by atoms with Crippen molar-refractivity contribution in [2.24, 2.45) is 7.05 Å². The van der Waals surface area contributed by atoms with Crippen molar-refractivity contribution in [2.75, 3.05) is 11.4 Å². The van der Waals surface area contributed by atoms with Gasteiger partial charge in [0, 0.05) is 19.3 Å². The monoisotopic (exact) mass is 246 g/mol. The van der Waals surface area contributed by atoms with Gasteiger partial charge in [-0.05, 0) is 19.1 Å². The Balaban J connectivity index is 2.52. The minimum Gasteiger partial charge on any atom is -0.321 e. The average Bonchev–Trinajstić information content (AvgIpc) is 2.74. The van der Waals surface area contributed by atoms with Crippen LogP contribution >= 0.6 is 0 Å². The van der Waals surface area contributed by atoms with Gasteiger partial charge in [0.05, 0.1) is 4.92 Å². The van der Waals surface area contributed by atoms with Crippen molar-refractivity contribution >= 4 is 17.2 Å². The molecular weight excluding hydrogens is 232 g/mol. The molecule has 0 radical (unpaired) electrons. The summed E-state index contributed by atoms with van der Waals surface area (Å²) in [5.74, 6) is 0.494. The number of hydrogen-bond donors (Lipinski definition) is 0. The molecule has 0 spiro atoms. The highest BCUT2D eigenvalue weighted by Crippen LogP contribution is 2.32. The summed E-state index contributed by atoms with van der Waals surface area (Å²) in [5.41, 5.74) is 0.926. The standard InChI is InChI=1S/C12H14N4O2/c1-3-15(10-7-5-4-6-8-10)12-11(16(17)18)9-13-14(12)2/h4-9H,3H2,1-2H3. The van der Waals surface area contributed by atoms with Gasteiger partial charge in [0.15, 0.2) is 0 Å². The summed E-state index contributed by atoms with van der Waals surface area (Å²) in [6.45, 7) is 2.58. The lowest BCUT2D eigenvalue weighted by Gasteiger charge is -2.22. The van der Waals surface area contributed by atoms with Gasteiger partial charge in [-0.2, -0.15) is 5.10 Å². The molecule has 0 aliphatic rings. The maximum absolute atomic E-state index is 11.0. The summed E-state index contributed by atoms with van der Waals surface area (Å²) < 4.78 is 1.52. The highest BCUT2D eigenvalue weighted by molar-refractivity contribution is 5.68. The number of nitro groups is 1. The molecule has 0 aliphatic heterocycles. The first-order valence-electron chi connectivity index (χ1n) is 5.64. The van der Waals surface area contributed by atoms with Crippen molar-refractivity contribution in [1.29, 1.82) is 0 Å². The van der Waals surface area contributed by atoms with Crippen molar-refractivity contribution in [3.8, 4) is 0 Å². The molecular formula is C12H14N4O2. The molecule has 0 bridgehead atoms. The highest BCUT2D eigenvalue weighted by Gasteiger charge is 2.24. The number of para-hydroxylation sites is 1. The van der Waals surface area contributed by atoms with E-state index < -0.39 is 4.92 Å². The van der Waals surface area contributed by atoms with Crippen LogP contribution in [-0.4, -0.2) is 21.2 Å². The van der Waals surface area contributed by atoms with Crippen LogP contribution in [-0.2, 0) is 7.05 Å². The zero-order valence-corrected chi connectivity index (χ0v) is 10.3. The fraction of sp³-hybridized carbons (Fsp3) is 0.250. The number of anilines is 2. The van der Waals surface area contributed by atoms with Crippen LogP contribution in [0.5, 0.6) is 0 Å². The Labute approximate surface area is 105 Å². The number of aryl methyl sites for hydroxylation is 1. The maximum atomic E-state index is 11.0. The molecule has 6 nitrogen and oxygen atoms in total. The van der Waals surface area contributed by atoms with E-state index in [2.05, 4.69) is 5.10 Å². The number of benzene rings is 1. The first kappa shape index (κ1) is 12.1. The second-order valence-electron chi connectivity index (χ2n) is 3.81. The molecule has 1 heterocycles. The van der Waals surface area contributed by atoms with E-state index in [1.807, 2.05) is 42.2 Å². The molecule has 0 fully saturated rings. The second-order valence-corrected chi connectivity index (χ2v) is 3.81. The fourth-order valence-electron chi connectivity index (χ4n) is 1.92. The smallest absolute Gasteiger partial charge is 0.321 e. The van der Waals surface area contributed by atoms with Crippen LogP contribution in [0.2, 0.25) is 0 Å². The number of nitrogens with zero attached hydrogens (tertiary/aromatic N) is 4. The summed E-state index contributed by atoms with van der Waals surface area (Å²) >= 11 is 0. The molecule has 2 aromatic rings. The Morgan fingerprint density at radius 3 is 2.61 bits per heavy atom. The molecule has 1 aromatic heterocycles. The highest BCUT2D eigenvalue weighted by atomic mass is 16.6. The van der Waals surface area contributed by atoms with Crippen LogP contribution in [0.25, 0.3) is 0 Å². The first-order chi connectivity index (χ1) is 8.65. The van der Waals surface area contributed by atoms with Gasteiger partial charge in [0.2, 0.25) is 5.82 Å². The van der Waals surface area contributed by atoms with Crippen molar-refractivity contribution < 1.29 is 4.92 Å². The molecule has 94 valence electrons.